The minimum Gasteiger partial charge on any atom is -0.504 e. The number of likely N-dealkylation sites (tertiary alicyclic amines) is 1. The molecule has 0 unspecified atom stereocenters. The highest BCUT2D eigenvalue weighted by Crippen LogP contribution is 2.52. The number of aromatic hydroxyl groups is 1. The van der Waals surface area contributed by atoms with E-state index in [9.17, 15) is 24.6 Å². The van der Waals surface area contributed by atoms with Crippen LogP contribution >= 0.6 is 11.8 Å². The number of aliphatic carboxylic acids is 1. The predicted octanol–water partition coefficient (Wildman–Crippen LogP) is 2.81. The number of ether oxygens (including phenoxy) is 1. The molecule has 3 N–H and O–H groups in total. The summed E-state index contributed by atoms with van der Waals surface area (Å²) in [6, 6.07) is 13.2. The van der Waals surface area contributed by atoms with Crippen molar-refractivity contribution in [1.29, 1.82) is 0 Å². The van der Waals surface area contributed by atoms with Gasteiger partial charge in [-0.3, -0.25) is 24.6 Å². The number of carboxylic acid groups (broad SMARTS) is 1. The maximum Gasteiger partial charge on any atom is 0.324 e. The zero-order valence-corrected chi connectivity index (χ0v) is 19.9. The first kappa shape index (κ1) is 24.1. The number of rotatable bonds is 9. The average molecular weight is 485 g/mol. The van der Waals surface area contributed by atoms with Crippen LogP contribution in [0, 0.1) is 11.8 Å². The first-order valence-corrected chi connectivity index (χ1v) is 12.6. The quantitative estimate of drug-likeness (QED) is 0.466. The molecule has 0 saturated carbocycles. The lowest BCUT2D eigenvalue weighted by Crippen LogP contribution is -2.56. The summed E-state index contributed by atoms with van der Waals surface area (Å²) in [4.78, 5) is 41.1. The van der Waals surface area contributed by atoms with E-state index in [1.807, 2.05) is 36.6 Å². The number of carbonyl (C=O) groups excluding carboxylic acids is 2. The summed E-state index contributed by atoms with van der Waals surface area (Å²) in [6.07, 6.45) is 2.02. The van der Waals surface area contributed by atoms with E-state index in [4.69, 9.17) is 4.74 Å². The number of imide groups is 1. The Labute approximate surface area is 202 Å². The standard InChI is InChI=1S/C25H28N2O6S/c1-3-33-17-11-7-10-16(21(17)28)20-18-19(25(26-20,24(31)32)12-13-34-2)23(30)27(22(18)29)14-15-8-5-4-6-9-15/h4-11,18-20,26,28H,3,12-14H2,1-2H3,(H,31,32)/t18-,19+,20+,25+/m1/s1. The Hall–Kier alpha value is -3.04. The second-order valence-corrected chi connectivity index (χ2v) is 9.51. The number of phenolic OH excluding ortho intramolecular Hbond substituents is 1. The molecule has 2 aliphatic heterocycles. The largest absolute Gasteiger partial charge is 0.504 e. The van der Waals surface area contributed by atoms with Crippen LogP contribution in [0.1, 0.15) is 30.5 Å². The fraction of sp³-hybridized carbons (Fsp3) is 0.400. The first-order chi connectivity index (χ1) is 16.4. The molecule has 0 aromatic heterocycles. The van der Waals surface area contributed by atoms with Crippen LogP contribution in [0.4, 0.5) is 0 Å². The van der Waals surface area contributed by atoms with Crippen LogP contribution in [-0.2, 0) is 20.9 Å². The van der Waals surface area contributed by atoms with Gasteiger partial charge in [0.15, 0.2) is 11.5 Å². The lowest BCUT2D eigenvalue weighted by Gasteiger charge is -2.31. The van der Waals surface area contributed by atoms with Gasteiger partial charge in [-0.2, -0.15) is 11.8 Å². The highest BCUT2D eigenvalue weighted by Gasteiger charge is 2.68. The molecule has 9 heteroatoms. The number of thioether (sulfide) groups is 1. The molecule has 180 valence electrons. The van der Waals surface area contributed by atoms with E-state index < -0.39 is 41.2 Å². The molecule has 0 radical (unpaired) electrons. The van der Waals surface area contributed by atoms with Gasteiger partial charge in [-0.15, -0.1) is 0 Å². The molecule has 2 saturated heterocycles. The molecule has 0 bridgehead atoms. The van der Waals surface area contributed by atoms with E-state index in [1.54, 1.807) is 25.1 Å². The van der Waals surface area contributed by atoms with E-state index >= 15 is 0 Å². The van der Waals surface area contributed by atoms with Crippen molar-refractivity contribution >= 4 is 29.5 Å². The van der Waals surface area contributed by atoms with Gasteiger partial charge < -0.3 is 14.9 Å². The Morgan fingerprint density at radius 2 is 1.88 bits per heavy atom. The molecule has 2 aliphatic rings. The molecule has 2 aromatic carbocycles. The van der Waals surface area contributed by atoms with E-state index in [0.29, 0.717) is 17.9 Å². The van der Waals surface area contributed by atoms with Crippen LogP contribution in [0.2, 0.25) is 0 Å². The number of fused-ring (bicyclic) bond motifs is 1. The maximum absolute atomic E-state index is 13.6. The van der Waals surface area contributed by atoms with Crippen molar-refractivity contribution < 1.29 is 29.3 Å². The number of phenols is 1. The van der Waals surface area contributed by atoms with Crippen molar-refractivity contribution in [2.24, 2.45) is 11.8 Å². The molecule has 0 aliphatic carbocycles. The van der Waals surface area contributed by atoms with Gasteiger partial charge in [-0.25, -0.2) is 0 Å². The van der Waals surface area contributed by atoms with Crippen LogP contribution in [0.25, 0.3) is 0 Å². The molecule has 34 heavy (non-hydrogen) atoms. The topological polar surface area (TPSA) is 116 Å². The summed E-state index contributed by atoms with van der Waals surface area (Å²) in [5.41, 5.74) is -0.513. The van der Waals surface area contributed by atoms with E-state index in [1.165, 1.54) is 16.7 Å². The number of hydrogen-bond donors (Lipinski definition) is 3. The molecular weight excluding hydrogens is 456 g/mol. The third-order valence-corrected chi connectivity index (χ3v) is 7.29. The molecule has 4 rings (SSSR count). The third kappa shape index (κ3) is 3.92. The highest BCUT2D eigenvalue weighted by atomic mass is 32.2. The lowest BCUT2D eigenvalue weighted by molar-refractivity contribution is -0.151. The Morgan fingerprint density at radius 1 is 1.15 bits per heavy atom. The minimum atomic E-state index is -1.63. The average Bonchev–Trinajstić information content (AvgIpc) is 3.30. The zero-order chi connectivity index (χ0) is 24.5. The maximum atomic E-state index is 13.6. The minimum absolute atomic E-state index is 0.0709. The van der Waals surface area contributed by atoms with Crippen molar-refractivity contribution in [2.45, 2.75) is 31.5 Å². The fourth-order valence-electron chi connectivity index (χ4n) is 5.11. The van der Waals surface area contributed by atoms with Gasteiger partial charge in [0.05, 0.1) is 25.0 Å². The van der Waals surface area contributed by atoms with Crippen LogP contribution in [0.5, 0.6) is 11.5 Å². The fourth-order valence-corrected chi connectivity index (χ4v) is 5.64. The summed E-state index contributed by atoms with van der Waals surface area (Å²) < 4.78 is 5.50. The van der Waals surface area contributed by atoms with E-state index in [-0.39, 0.29) is 24.5 Å². The molecule has 2 aromatic rings. The van der Waals surface area contributed by atoms with Crippen molar-refractivity contribution in [1.82, 2.24) is 10.2 Å². The highest BCUT2D eigenvalue weighted by molar-refractivity contribution is 7.98. The normalized spacial score (nSPS) is 26.1. The third-order valence-electron chi connectivity index (χ3n) is 6.68. The number of carbonyl (C=O) groups is 3. The number of nitrogens with one attached hydrogen (secondary N) is 1. The van der Waals surface area contributed by atoms with Gasteiger partial charge >= 0.3 is 5.97 Å². The Morgan fingerprint density at radius 3 is 2.53 bits per heavy atom. The number of carboxylic acids is 1. The van der Waals surface area contributed by atoms with Gasteiger partial charge in [-0.05, 0) is 37.0 Å². The monoisotopic (exact) mass is 484 g/mol. The second-order valence-electron chi connectivity index (χ2n) is 8.52. The number of benzene rings is 2. The Bertz CT molecular complexity index is 1090. The number of para-hydroxylation sites is 1. The van der Waals surface area contributed by atoms with Crippen molar-refractivity contribution in [3.8, 4) is 11.5 Å². The smallest absolute Gasteiger partial charge is 0.324 e. The molecular formula is C25H28N2O6S. The van der Waals surface area contributed by atoms with Gasteiger partial charge in [0.25, 0.3) is 0 Å². The molecule has 2 amide bonds. The van der Waals surface area contributed by atoms with E-state index in [2.05, 4.69) is 5.32 Å². The van der Waals surface area contributed by atoms with Crippen LogP contribution < -0.4 is 10.1 Å². The molecule has 2 fully saturated rings. The summed E-state index contributed by atoms with van der Waals surface area (Å²) in [5.74, 6) is -3.60. The lowest BCUT2D eigenvalue weighted by atomic mass is 9.78. The Kier molecular flexibility index (Phi) is 6.86. The summed E-state index contributed by atoms with van der Waals surface area (Å²) in [7, 11) is 0. The number of hydrogen-bond acceptors (Lipinski definition) is 7. The SMILES string of the molecule is CCOc1cccc([C@@H]2N[C@](CCSC)(C(=O)O)[C@@H]3C(=O)N(Cc4ccccc4)C(=O)[C@H]32)c1O. The van der Waals surface area contributed by atoms with Crippen molar-refractivity contribution in [2.75, 3.05) is 18.6 Å². The zero-order valence-electron chi connectivity index (χ0n) is 19.1. The van der Waals surface area contributed by atoms with Gasteiger partial charge in [0, 0.05) is 11.6 Å². The Balaban J connectivity index is 1.81. The van der Waals surface area contributed by atoms with Crippen molar-refractivity contribution in [3.05, 3.63) is 59.7 Å². The van der Waals surface area contributed by atoms with Crippen LogP contribution in [-0.4, -0.2) is 57.1 Å². The summed E-state index contributed by atoms with van der Waals surface area (Å²) >= 11 is 1.47. The predicted molar refractivity (Wildman–Crippen MR) is 127 cm³/mol. The first-order valence-electron chi connectivity index (χ1n) is 11.2. The molecule has 4 atom stereocenters. The van der Waals surface area contributed by atoms with Crippen molar-refractivity contribution in [3.63, 3.8) is 0 Å². The van der Waals surface area contributed by atoms with Crippen LogP contribution in [0.3, 0.4) is 0 Å². The van der Waals surface area contributed by atoms with Gasteiger partial charge in [0.1, 0.15) is 5.54 Å². The molecule has 0 spiro atoms. The molecule has 2 heterocycles. The van der Waals surface area contributed by atoms with Gasteiger partial charge in [0.2, 0.25) is 11.8 Å². The molecule has 8 nitrogen and oxygen atoms in total. The number of nitrogens with zero attached hydrogens (tertiary/aromatic N) is 1. The summed E-state index contributed by atoms with van der Waals surface area (Å²) in [5, 5.41) is 24.4. The van der Waals surface area contributed by atoms with Gasteiger partial charge in [-0.1, -0.05) is 42.5 Å². The second kappa shape index (κ2) is 9.68. The van der Waals surface area contributed by atoms with E-state index in [0.717, 1.165) is 5.56 Å². The van der Waals surface area contributed by atoms with Crippen LogP contribution in [0.15, 0.2) is 48.5 Å². The number of amides is 2. The summed E-state index contributed by atoms with van der Waals surface area (Å²) in [6.45, 7) is 2.19.